The van der Waals surface area contributed by atoms with E-state index >= 15 is 0 Å². The first-order valence-electron chi connectivity index (χ1n) is 5.23. The molecule has 0 fully saturated rings. The van der Waals surface area contributed by atoms with Crippen LogP contribution in [0.25, 0.3) is 0 Å². The molecular weight excluding hydrogens is 190 g/mol. The summed E-state index contributed by atoms with van der Waals surface area (Å²) in [4.78, 5) is 0. The molecule has 0 bridgehead atoms. The SMILES string of the molecule is CC(N)COc1cccc(OC(C)C)c1. The minimum Gasteiger partial charge on any atom is -0.492 e. The lowest BCUT2D eigenvalue weighted by Crippen LogP contribution is -2.23. The highest BCUT2D eigenvalue weighted by Gasteiger charge is 2.01. The third-order valence-electron chi connectivity index (χ3n) is 1.69. The van der Waals surface area contributed by atoms with Gasteiger partial charge in [0, 0.05) is 12.1 Å². The van der Waals surface area contributed by atoms with E-state index in [0.29, 0.717) is 6.61 Å². The molecule has 1 unspecified atom stereocenters. The van der Waals surface area contributed by atoms with Crippen LogP contribution in [0.5, 0.6) is 11.5 Å². The van der Waals surface area contributed by atoms with Crippen LogP contribution < -0.4 is 15.2 Å². The molecule has 0 spiro atoms. The molecule has 0 heterocycles. The Labute approximate surface area is 91.2 Å². The van der Waals surface area contributed by atoms with E-state index in [1.165, 1.54) is 0 Å². The lowest BCUT2D eigenvalue weighted by atomic mass is 10.3. The summed E-state index contributed by atoms with van der Waals surface area (Å²) in [5.41, 5.74) is 5.60. The van der Waals surface area contributed by atoms with Gasteiger partial charge < -0.3 is 15.2 Å². The van der Waals surface area contributed by atoms with Gasteiger partial charge in [0.1, 0.15) is 18.1 Å². The minimum atomic E-state index is 0.0414. The molecule has 1 atom stereocenters. The van der Waals surface area contributed by atoms with Crippen LogP contribution >= 0.6 is 0 Å². The second-order valence-corrected chi connectivity index (χ2v) is 3.93. The molecule has 0 amide bonds. The van der Waals surface area contributed by atoms with Crippen molar-refractivity contribution in [1.29, 1.82) is 0 Å². The average molecular weight is 209 g/mol. The summed E-state index contributed by atoms with van der Waals surface area (Å²) in [5.74, 6) is 1.62. The fourth-order valence-electron chi connectivity index (χ4n) is 1.14. The van der Waals surface area contributed by atoms with Crippen LogP contribution in [0.3, 0.4) is 0 Å². The molecule has 3 heteroatoms. The first-order chi connectivity index (χ1) is 7.08. The fraction of sp³-hybridized carbons (Fsp3) is 0.500. The second kappa shape index (κ2) is 5.61. The maximum Gasteiger partial charge on any atom is 0.123 e. The van der Waals surface area contributed by atoms with Gasteiger partial charge in [-0.2, -0.15) is 0 Å². The Balaban J connectivity index is 2.57. The normalized spacial score (nSPS) is 12.6. The third-order valence-corrected chi connectivity index (χ3v) is 1.69. The summed E-state index contributed by atoms with van der Waals surface area (Å²) < 4.78 is 11.0. The van der Waals surface area contributed by atoms with Gasteiger partial charge in [0.15, 0.2) is 0 Å². The minimum absolute atomic E-state index is 0.0414. The Morgan fingerprint density at radius 3 is 2.47 bits per heavy atom. The Morgan fingerprint density at radius 1 is 1.20 bits per heavy atom. The molecule has 0 radical (unpaired) electrons. The molecule has 0 saturated carbocycles. The van der Waals surface area contributed by atoms with E-state index in [1.54, 1.807) is 0 Å². The van der Waals surface area contributed by atoms with Crippen LogP contribution in [0.4, 0.5) is 0 Å². The van der Waals surface area contributed by atoms with E-state index in [9.17, 15) is 0 Å². The van der Waals surface area contributed by atoms with Gasteiger partial charge in [-0.3, -0.25) is 0 Å². The zero-order valence-electron chi connectivity index (χ0n) is 9.57. The largest absolute Gasteiger partial charge is 0.492 e. The molecule has 0 aliphatic rings. The topological polar surface area (TPSA) is 44.5 Å². The Bertz CT molecular complexity index is 297. The van der Waals surface area contributed by atoms with Crippen molar-refractivity contribution in [3.05, 3.63) is 24.3 Å². The molecule has 15 heavy (non-hydrogen) atoms. The number of benzene rings is 1. The maximum absolute atomic E-state index is 5.60. The van der Waals surface area contributed by atoms with E-state index < -0.39 is 0 Å². The molecular formula is C12H19NO2. The van der Waals surface area contributed by atoms with Gasteiger partial charge in [-0.1, -0.05) is 6.07 Å². The summed E-state index contributed by atoms with van der Waals surface area (Å²) in [6, 6.07) is 7.64. The van der Waals surface area contributed by atoms with Crippen LogP contribution in [0.15, 0.2) is 24.3 Å². The van der Waals surface area contributed by atoms with E-state index in [-0.39, 0.29) is 12.1 Å². The predicted octanol–water partition coefficient (Wildman–Crippen LogP) is 2.20. The van der Waals surface area contributed by atoms with Crippen molar-refractivity contribution in [2.45, 2.75) is 32.9 Å². The number of hydrogen-bond acceptors (Lipinski definition) is 3. The van der Waals surface area contributed by atoms with Crippen molar-refractivity contribution >= 4 is 0 Å². The van der Waals surface area contributed by atoms with Gasteiger partial charge in [-0.25, -0.2) is 0 Å². The van der Waals surface area contributed by atoms with Crippen molar-refractivity contribution in [2.75, 3.05) is 6.61 Å². The van der Waals surface area contributed by atoms with Gasteiger partial charge in [0.2, 0.25) is 0 Å². The lowest BCUT2D eigenvalue weighted by Gasteiger charge is -2.12. The van der Waals surface area contributed by atoms with Gasteiger partial charge in [-0.15, -0.1) is 0 Å². The summed E-state index contributed by atoms with van der Waals surface area (Å²) in [6.45, 7) is 6.42. The second-order valence-electron chi connectivity index (χ2n) is 3.93. The van der Waals surface area contributed by atoms with Crippen LogP contribution in [0.2, 0.25) is 0 Å². The quantitative estimate of drug-likeness (QED) is 0.808. The van der Waals surface area contributed by atoms with E-state index in [2.05, 4.69) is 0 Å². The van der Waals surface area contributed by atoms with Crippen LogP contribution in [-0.4, -0.2) is 18.8 Å². The zero-order valence-corrected chi connectivity index (χ0v) is 9.57. The third kappa shape index (κ3) is 4.70. The van der Waals surface area contributed by atoms with Gasteiger partial charge >= 0.3 is 0 Å². The van der Waals surface area contributed by atoms with Gasteiger partial charge in [-0.05, 0) is 32.9 Å². The van der Waals surface area contributed by atoms with Crippen LogP contribution in [-0.2, 0) is 0 Å². The Kier molecular flexibility index (Phi) is 4.43. The molecule has 1 aromatic carbocycles. The number of rotatable bonds is 5. The molecule has 1 aromatic rings. The highest BCUT2D eigenvalue weighted by molar-refractivity contribution is 5.33. The summed E-state index contributed by atoms with van der Waals surface area (Å²) in [6.07, 6.45) is 0.175. The first kappa shape index (κ1) is 11.9. The van der Waals surface area contributed by atoms with Crippen molar-refractivity contribution in [2.24, 2.45) is 5.73 Å². The molecule has 0 saturated heterocycles. The highest BCUT2D eigenvalue weighted by Crippen LogP contribution is 2.20. The zero-order chi connectivity index (χ0) is 11.3. The maximum atomic E-state index is 5.60. The standard InChI is InChI=1S/C12H19NO2/c1-9(2)15-12-6-4-5-11(7-12)14-8-10(3)13/h4-7,9-10H,8,13H2,1-3H3. The molecule has 0 aliphatic heterocycles. The van der Waals surface area contributed by atoms with Crippen molar-refractivity contribution in [3.8, 4) is 11.5 Å². The van der Waals surface area contributed by atoms with Crippen LogP contribution in [0.1, 0.15) is 20.8 Å². The van der Waals surface area contributed by atoms with Crippen molar-refractivity contribution in [3.63, 3.8) is 0 Å². The average Bonchev–Trinajstić information content (AvgIpc) is 2.14. The fourth-order valence-corrected chi connectivity index (χ4v) is 1.14. The van der Waals surface area contributed by atoms with E-state index in [0.717, 1.165) is 11.5 Å². The van der Waals surface area contributed by atoms with Crippen molar-refractivity contribution in [1.82, 2.24) is 0 Å². The smallest absolute Gasteiger partial charge is 0.123 e. The Hall–Kier alpha value is -1.22. The van der Waals surface area contributed by atoms with Gasteiger partial charge in [0.25, 0.3) is 0 Å². The molecule has 0 aliphatic carbocycles. The van der Waals surface area contributed by atoms with Gasteiger partial charge in [0.05, 0.1) is 6.10 Å². The number of hydrogen-bond donors (Lipinski definition) is 1. The molecule has 0 aromatic heterocycles. The van der Waals surface area contributed by atoms with E-state index in [1.807, 2.05) is 45.0 Å². The lowest BCUT2D eigenvalue weighted by molar-refractivity contribution is 0.239. The molecule has 2 N–H and O–H groups in total. The molecule has 1 rings (SSSR count). The summed E-state index contributed by atoms with van der Waals surface area (Å²) >= 11 is 0. The van der Waals surface area contributed by atoms with E-state index in [4.69, 9.17) is 15.2 Å². The number of nitrogens with two attached hydrogens (primary N) is 1. The highest BCUT2D eigenvalue weighted by atomic mass is 16.5. The predicted molar refractivity (Wildman–Crippen MR) is 61.4 cm³/mol. The molecule has 3 nitrogen and oxygen atoms in total. The summed E-state index contributed by atoms with van der Waals surface area (Å²) in [7, 11) is 0. The molecule has 84 valence electrons. The monoisotopic (exact) mass is 209 g/mol. The first-order valence-corrected chi connectivity index (χ1v) is 5.23. The Morgan fingerprint density at radius 2 is 1.87 bits per heavy atom. The van der Waals surface area contributed by atoms with Crippen LogP contribution in [0, 0.1) is 0 Å². The summed E-state index contributed by atoms with van der Waals surface area (Å²) in [5, 5.41) is 0. The number of ether oxygens (including phenoxy) is 2. The van der Waals surface area contributed by atoms with Crippen molar-refractivity contribution < 1.29 is 9.47 Å².